The highest BCUT2D eigenvalue weighted by atomic mass is 35.5. The van der Waals surface area contributed by atoms with Crippen LogP contribution in [0.2, 0.25) is 5.02 Å². The van der Waals surface area contributed by atoms with Crippen LogP contribution in [0, 0.1) is 24.1 Å². The number of hydrogen-bond donors (Lipinski definition) is 1. The third kappa shape index (κ3) is 6.92. The summed E-state index contributed by atoms with van der Waals surface area (Å²) in [7, 11) is 2.13. The van der Waals surface area contributed by atoms with Gasteiger partial charge in [0.25, 0.3) is 0 Å². The third-order valence-corrected chi connectivity index (χ3v) is 6.63. The Kier molecular flexibility index (Phi) is 10.0. The molecule has 2 heterocycles. The molecular weight excluding hydrogens is 485 g/mol. The van der Waals surface area contributed by atoms with Crippen LogP contribution in [0.3, 0.4) is 0 Å². The van der Waals surface area contributed by atoms with Crippen molar-refractivity contribution in [2.24, 2.45) is 21.2 Å². The van der Waals surface area contributed by atoms with Gasteiger partial charge < -0.3 is 20.3 Å². The Bertz CT molecular complexity index is 1170. The zero-order valence-corrected chi connectivity index (χ0v) is 21.0. The number of hydrogen-bond acceptors (Lipinski definition) is 7. The van der Waals surface area contributed by atoms with Crippen LogP contribution in [-0.2, 0) is 16.0 Å². The minimum Gasteiger partial charge on any atom is -0.370 e. The number of likely N-dealkylation sites (N-methyl/N-ethyl adjacent to an activating group) is 1. The first kappa shape index (κ1) is 27.4. The number of aldehydes is 1. The normalized spacial score (nSPS) is 20.5. The summed E-state index contributed by atoms with van der Waals surface area (Å²) in [6, 6.07) is 10.6. The lowest BCUT2D eigenvalue weighted by atomic mass is 9.96. The van der Waals surface area contributed by atoms with Crippen molar-refractivity contribution in [1.82, 2.24) is 9.80 Å². The molecule has 0 bridgehead atoms. The lowest BCUT2D eigenvalue weighted by molar-refractivity contribution is -0.107. The first-order valence-electron chi connectivity index (χ1n) is 11.5. The Labute approximate surface area is 215 Å². The predicted octanol–water partition coefficient (Wildman–Crippen LogP) is 3.76. The number of nitriles is 1. The van der Waals surface area contributed by atoms with Crippen LogP contribution >= 0.6 is 11.6 Å². The van der Waals surface area contributed by atoms with Crippen molar-refractivity contribution in [3.63, 3.8) is 0 Å². The van der Waals surface area contributed by atoms with Gasteiger partial charge in [-0.3, -0.25) is 4.90 Å². The summed E-state index contributed by atoms with van der Waals surface area (Å²) in [6.07, 6.45) is 2.24. The summed E-state index contributed by atoms with van der Waals surface area (Å²) in [5.74, 6) is 4.34. The highest BCUT2D eigenvalue weighted by Crippen LogP contribution is 2.30. The van der Waals surface area contributed by atoms with E-state index in [-0.39, 0.29) is 11.7 Å². The molecule has 2 aliphatic heterocycles. The minimum atomic E-state index is -0.452. The number of aliphatic imine (C=N–C) groups is 1. The van der Waals surface area contributed by atoms with Gasteiger partial charge in [0.15, 0.2) is 0 Å². The smallest absolute Gasteiger partial charge is 0.141 e. The summed E-state index contributed by atoms with van der Waals surface area (Å²) in [6.45, 7) is 6.43. The van der Waals surface area contributed by atoms with Gasteiger partial charge in [0.1, 0.15) is 24.5 Å². The van der Waals surface area contributed by atoms with E-state index in [1.807, 2.05) is 6.07 Å². The molecule has 36 heavy (non-hydrogen) atoms. The summed E-state index contributed by atoms with van der Waals surface area (Å²) < 4.78 is 19.6. The fourth-order valence-electron chi connectivity index (χ4n) is 4.30. The van der Waals surface area contributed by atoms with Crippen molar-refractivity contribution < 1.29 is 13.9 Å². The molecule has 2 aromatic rings. The maximum absolute atomic E-state index is 13.6. The van der Waals surface area contributed by atoms with E-state index in [1.54, 1.807) is 31.2 Å². The van der Waals surface area contributed by atoms with E-state index < -0.39 is 5.82 Å². The average Bonchev–Trinajstić information content (AvgIpc) is 2.86. The fourth-order valence-corrected chi connectivity index (χ4v) is 4.55. The van der Waals surface area contributed by atoms with Gasteiger partial charge in [0, 0.05) is 43.7 Å². The van der Waals surface area contributed by atoms with Crippen LogP contribution in [0.1, 0.15) is 28.4 Å². The molecule has 2 fully saturated rings. The summed E-state index contributed by atoms with van der Waals surface area (Å²) >= 11 is 5.91. The zero-order chi connectivity index (χ0) is 26.1. The second kappa shape index (κ2) is 13.2. The number of piperazine rings is 1. The number of fused-ring (bicyclic) bond motifs is 1. The average molecular weight is 514 g/mol. The summed E-state index contributed by atoms with van der Waals surface area (Å²) in [4.78, 5) is 19.0. The Morgan fingerprint density at radius 3 is 2.81 bits per heavy atom. The van der Waals surface area contributed by atoms with Gasteiger partial charge in [-0.05, 0) is 48.9 Å². The van der Waals surface area contributed by atoms with Crippen molar-refractivity contribution in [3.05, 3.63) is 63.4 Å². The standard InChI is InChI=1S/C16H20FN3O.C9H9ClN4O/c1-11-13(3-4-15(17)14(11)7-18)16-9-20-6-5-19(2)8-12(20)10-21-16;10-9-5-8(12-6-13-14-11)2-1-7(9)3-4-15/h3-4,12,16H,5-6,8-10H2,1-2H3;1-2,4-6H,3H2,(H2,11,12,13). The second-order valence-corrected chi connectivity index (χ2v) is 9.01. The van der Waals surface area contributed by atoms with Crippen molar-refractivity contribution >= 4 is 29.9 Å². The van der Waals surface area contributed by atoms with E-state index in [2.05, 4.69) is 32.2 Å². The molecular formula is C25H29ClFN7O2. The summed E-state index contributed by atoms with van der Waals surface area (Å²) in [5.41, 5.74) is 3.17. The zero-order valence-electron chi connectivity index (χ0n) is 20.3. The second-order valence-electron chi connectivity index (χ2n) is 8.60. The first-order chi connectivity index (χ1) is 17.4. The SMILES string of the molecule is Cc1c(C2CN3CCN(C)CC3CO2)ccc(F)c1C#N.NN=NC=Nc1ccc(CC=O)c(Cl)c1. The molecule has 0 aliphatic carbocycles. The molecule has 0 spiro atoms. The van der Waals surface area contributed by atoms with Gasteiger partial charge in [0.05, 0.1) is 24.0 Å². The number of nitrogens with zero attached hydrogens (tertiary/aromatic N) is 6. The largest absolute Gasteiger partial charge is 0.370 e. The molecule has 2 N–H and O–H groups in total. The van der Waals surface area contributed by atoms with Gasteiger partial charge >= 0.3 is 0 Å². The maximum atomic E-state index is 13.6. The number of ether oxygens (including phenoxy) is 1. The Morgan fingerprint density at radius 1 is 1.31 bits per heavy atom. The van der Waals surface area contributed by atoms with Gasteiger partial charge in [-0.1, -0.05) is 29.0 Å². The summed E-state index contributed by atoms with van der Waals surface area (Å²) in [5, 5.41) is 16.0. The quantitative estimate of drug-likeness (QED) is 0.162. The molecule has 190 valence electrons. The van der Waals surface area contributed by atoms with Gasteiger partial charge in [-0.15, -0.1) is 5.11 Å². The first-order valence-corrected chi connectivity index (χ1v) is 11.8. The molecule has 0 aromatic heterocycles. The molecule has 11 heteroatoms. The van der Waals surface area contributed by atoms with Crippen LogP contribution < -0.4 is 5.84 Å². The van der Waals surface area contributed by atoms with Crippen molar-refractivity contribution in [2.75, 3.05) is 39.8 Å². The molecule has 2 unspecified atom stereocenters. The van der Waals surface area contributed by atoms with Crippen molar-refractivity contribution in [2.45, 2.75) is 25.5 Å². The lowest BCUT2D eigenvalue weighted by Gasteiger charge is -2.45. The minimum absolute atomic E-state index is 0.0719. The van der Waals surface area contributed by atoms with Crippen molar-refractivity contribution in [1.29, 1.82) is 5.26 Å². The van der Waals surface area contributed by atoms with E-state index in [0.717, 1.165) is 43.6 Å². The number of rotatable bonds is 5. The van der Waals surface area contributed by atoms with E-state index in [0.29, 0.717) is 35.3 Å². The highest BCUT2D eigenvalue weighted by Gasteiger charge is 2.33. The van der Waals surface area contributed by atoms with E-state index >= 15 is 0 Å². The highest BCUT2D eigenvalue weighted by molar-refractivity contribution is 6.31. The Hall–Kier alpha value is -3.23. The molecule has 9 nitrogen and oxygen atoms in total. The van der Waals surface area contributed by atoms with Gasteiger partial charge in [-0.2, -0.15) is 5.26 Å². The fraction of sp³-hybridized carbons (Fsp3) is 0.400. The topological polar surface area (TPSA) is 120 Å². The molecule has 4 rings (SSSR count). The van der Waals surface area contributed by atoms with Crippen LogP contribution in [0.5, 0.6) is 0 Å². The van der Waals surface area contributed by atoms with E-state index in [1.165, 1.54) is 12.4 Å². The van der Waals surface area contributed by atoms with Gasteiger partial charge in [-0.25, -0.2) is 9.38 Å². The van der Waals surface area contributed by atoms with Crippen molar-refractivity contribution in [3.8, 4) is 6.07 Å². The van der Waals surface area contributed by atoms with E-state index in [4.69, 9.17) is 27.4 Å². The third-order valence-electron chi connectivity index (χ3n) is 6.28. The maximum Gasteiger partial charge on any atom is 0.141 e. The number of nitrogens with two attached hydrogens (primary N) is 1. The molecule has 0 saturated carbocycles. The predicted molar refractivity (Wildman–Crippen MR) is 136 cm³/mol. The van der Waals surface area contributed by atoms with Crippen LogP contribution in [-0.4, -0.2) is 68.3 Å². The van der Waals surface area contributed by atoms with Crippen LogP contribution in [0.4, 0.5) is 10.1 Å². The molecule has 2 atom stereocenters. The molecule has 2 aromatic carbocycles. The number of benzene rings is 2. The molecule has 0 radical (unpaired) electrons. The Balaban J connectivity index is 0.000000214. The van der Waals surface area contributed by atoms with Crippen LogP contribution in [0.15, 0.2) is 45.7 Å². The number of carbonyl (C=O) groups is 1. The van der Waals surface area contributed by atoms with Gasteiger partial charge in [0.2, 0.25) is 0 Å². The van der Waals surface area contributed by atoms with E-state index in [9.17, 15) is 9.18 Å². The molecule has 2 aliphatic rings. The monoisotopic (exact) mass is 513 g/mol. The number of carbonyl (C=O) groups excluding carboxylic acids is 1. The molecule has 2 saturated heterocycles. The molecule has 0 amide bonds. The number of morpholine rings is 1. The Morgan fingerprint density at radius 2 is 2.11 bits per heavy atom. The lowest BCUT2D eigenvalue weighted by Crippen LogP contribution is -2.57. The number of halogens is 2. The van der Waals surface area contributed by atoms with Crippen LogP contribution in [0.25, 0.3) is 0 Å².